The van der Waals surface area contributed by atoms with E-state index in [-0.39, 0.29) is 0 Å². The summed E-state index contributed by atoms with van der Waals surface area (Å²) in [5.41, 5.74) is 7.96. The highest BCUT2D eigenvalue weighted by molar-refractivity contribution is 5.19. The zero-order valence-corrected chi connectivity index (χ0v) is 8.52. The fourth-order valence-corrected chi connectivity index (χ4v) is 3.29. The molecule has 0 saturated heterocycles. The summed E-state index contributed by atoms with van der Waals surface area (Å²) >= 11 is 0. The minimum Gasteiger partial charge on any atom is -0.327 e. The van der Waals surface area contributed by atoms with Crippen LogP contribution in [0, 0.1) is 5.41 Å². The van der Waals surface area contributed by atoms with Gasteiger partial charge in [0.1, 0.15) is 0 Å². The Hall–Kier alpha value is -0.300. The first-order valence-electron chi connectivity index (χ1n) is 5.77. The monoisotopic (exact) mass is 179 g/mol. The lowest BCUT2D eigenvalue weighted by Gasteiger charge is -2.36. The molecule has 0 bridgehead atoms. The summed E-state index contributed by atoms with van der Waals surface area (Å²) in [6.45, 7) is 0.747. The highest BCUT2D eigenvalue weighted by Crippen LogP contribution is 2.51. The molecule has 0 aromatic rings. The van der Waals surface area contributed by atoms with Crippen LogP contribution >= 0.6 is 0 Å². The van der Waals surface area contributed by atoms with Crippen molar-refractivity contribution in [3.05, 3.63) is 11.6 Å². The fourth-order valence-electron chi connectivity index (χ4n) is 3.29. The predicted octanol–water partition coefficient (Wildman–Crippen LogP) is 3.01. The second-order valence-electron chi connectivity index (χ2n) is 4.66. The molecule has 1 heteroatoms. The van der Waals surface area contributed by atoms with Crippen LogP contribution in [-0.4, -0.2) is 6.54 Å². The lowest BCUT2D eigenvalue weighted by atomic mass is 9.69. The second-order valence-corrected chi connectivity index (χ2v) is 4.66. The Labute approximate surface area is 81.4 Å². The van der Waals surface area contributed by atoms with Gasteiger partial charge in [-0.3, -0.25) is 0 Å². The smallest absolute Gasteiger partial charge is 0.0109 e. The van der Waals surface area contributed by atoms with Gasteiger partial charge in [-0.1, -0.05) is 30.9 Å². The molecule has 0 unspecified atom stereocenters. The maximum absolute atomic E-state index is 5.63. The van der Waals surface area contributed by atoms with Crippen LogP contribution in [0.15, 0.2) is 11.6 Å². The molecule has 2 N–H and O–H groups in total. The molecule has 1 spiro atoms. The summed E-state index contributed by atoms with van der Waals surface area (Å²) in [4.78, 5) is 0. The molecule has 2 aliphatic carbocycles. The van der Waals surface area contributed by atoms with Crippen molar-refractivity contribution in [1.29, 1.82) is 0 Å². The van der Waals surface area contributed by atoms with Gasteiger partial charge in [-0.05, 0) is 37.5 Å². The summed E-state index contributed by atoms with van der Waals surface area (Å²) in [6, 6.07) is 0. The van der Waals surface area contributed by atoms with Crippen LogP contribution in [0.4, 0.5) is 0 Å². The van der Waals surface area contributed by atoms with Gasteiger partial charge in [-0.2, -0.15) is 0 Å². The quantitative estimate of drug-likeness (QED) is 0.615. The maximum atomic E-state index is 5.63. The first-order valence-corrected chi connectivity index (χ1v) is 5.77. The van der Waals surface area contributed by atoms with Crippen molar-refractivity contribution in [3.63, 3.8) is 0 Å². The van der Waals surface area contributed by atoms with Gasteiger partial charge in [0.15, 0.2) is 0 Å². The van der Waals surface area contributed by atoms with E-state index in [1.807, 2.05) is 0 Å². The zero-order chi connectivity index (χ0) is 9.15. The molecule has 0 radical (unpaired) electrons. The van der Waals surface area contributed by atoms with Crippen LogP contribution in [0.5, 0.6) is 0 Å². The topological polar surface area (TPSA) is 26.0 Å². The van der Waals surface area contributed by atoms with Crippen molar-refractivity contribution in [1.82, 2.24) is 0 Å². The molecular weight excluding hydrogens is 158 g/mol. The number of nitrogens with two attached hydrogens (primary N) is 1. The standard InChI is InChI=1S/C12H21N/c13-10-6-11-5-1-2-7-12(11)8-3-4-9-12/h6H,1-5,7-10,13H2/b11-6-. The van der Waals surface area contributed by atoms with E-state index in [9.17, 15) is 0 Å². The number of hydrogen-bond acceptors (Lipinski definition) is 1. The van der Waals surface area contributed by atoms with Gasteiger partial charge in [0.2, 0.25) is 0 Å². The second kappa shape index (κ2) is 3.83. The van der Waals surface area contributed by atoms with E-state index >= 15 is 0 Å². The molecular formula is C12H21N. The molecule has 2 aliphatic rings. The Morgan fingerprint density at radius 1 is 1.08 bits per heavy atom. The molecule has 0 amide bonds. The predicted molar refractivity (Wildman–Crippen MR) is 56.5 cm³/mol. The van der Waals surface area contributed by atoms with E-state index < -0.39 is 0 Å². The number of rotatable bonds is 1. The van der Waals surface area contributed by atoms with Crippen LogP contribution in [0.2, 0.25) is 0 Å². The molecule has 2 saturated carbocycles. The highest BCUT2D eigenvalue weighted by Gasteiger charge is 2.38. The van der Waals surface area contributed by atoms with Crippen LogP contribution in [0.25, 0.3) is 0 Å². The summed E-state index contributed by atoms with van der Waals surface area (Å²) in [6.07, 6.45) is 13.7. The molecule has 0 aromatic carbocycles. The van der Waals surface area contributed by atoms with Crippen molar-refractivity contribution in [3.8, 4) is 0 Å². The van der Waals surface area contributed by atoms with Crippen molar-refractivity contribution >= 4 is 0 Å². The number of hydrogen-bond donors (Lipinski definition) is 1. The Balaban J connectivity index is 2.16. The SMILES string of the molecule is NC/C=C1/CCCCC12CCCC2. The molecule has 13 heavy (non-hydrogen) atoms. The van der Waals surface area contributed by atoms with E-state index in [0.717, 1.165) is 6.54 Å². The largest absolute Gasteiger partial charge is 0.327 e. The summed E-state index contributed by atoms with van der Waals surface area (Å²) in [5, 5.41) is 0. The minimum absolute atomic E-state index is 0.623. The molecule has 0 heterocycles. The van der Waals surface area contributed by atoms with E-state index in [2.05, 4.69) is 6.08 Å². The lowest BCUT2D eigenvalue weighted by molar-refractivity contribution is 0.281. The van der Waals surface area contributed by atoms with E-state index in [1.165, 1.54) is 51.4 Å². The maximum Gasteiger partial charge on any atom is 0.0109 e. The average Bonchev–Trinajstić information content (AvgIpc) is 2.59. The van der Waals surface area contributed by atoms with Crippen molar-refractivity contribution in [2.75, 3.05) is 6.54 Å². The van der Waals surface area contributed by atoms with Crippen molar-refractivity contribution < 1.29 is 0 Å². The van der Waals surface area contributed by atoms with Crippen molar-refractivity contribution in [2.45, 2.75) is 51.4 Å². The Morgan fingerprint density at radius 2 is 1.69 bits per heavy atom. The normalized spacial score (nSPS) is 30.1. The fraction of sp³-hybridized carbons (Fsp3) is 0.833. The third kappa shape index (κ3) is 1.67. The zero-order valence-electron chi connectivity index (χ0n) is 8.52. The van der Waals surface area contributed by atoms with Gasteiger partial charge in [0.05, 0.1) is 0 Å². The summed E-state index contributed by atoms with van der Waals surface area (Å²) < 4.78 is 0. The van der Waals surface area contributed by atoms with Gasteiger partial charge in [0.25, 0.3) is 0 Å². The molecule has 2 fully saturated rings. The first-order chi connectivity index (χ1) is 6.37. The lowest BCUT2D eigenvalue weighted by Crippen LogP contribution is -2.24. The first kappa shape index (κ1) is 9.26. The Bertz CT molecular complexity index is 199. The molecule has 0 aliphatic heterocycles. The van der Waals surface area contributed by atoms with Crippen LogP contribution in [0.3, 0.4) is 0 Å². The van der Waals surface area contributed by atoms with Gasteiger partial charge in [-0.15, -0.1) is 0 Å². The Kier molecular flexibility index (Phi) is 2.73. The van der Waals surface area contributed by atoms with E-state index in [4.69, 9.17) is 5.73 Å². The van der Waals surface area contributed by atoms with E-state index in [0.29, 0.717) is 5.41 Å². The van der Waals surface area contributed by atoms with Crippen LogP contribution < -0.4 is 5.73 Å². The van der Waals surface area contributed by atoms with Crippen LogP contribution in [-0.2, 0) is 0 Å². The van der Waals surface area contributed by atoms with Gasteiger partial charge in [0, 0.05) is 6.54 Å². The van der Waals surface area contributed by atoms with Crippen molar-refractivity contribution in [2.24, 2.45) is 11.1 Å². The van der Waals surface area contributed by atoms with E-state index in [1.54, 1.807) is 5.57 Å². The number of allylic oxidation sites excluding steroid dienone is 1. The van der Waals surface area contributed by atoms with Gasteiger partial charge in [-0.25, -0.2) is 0 Å². The average molecular weight is 179 g/mol. The third-order valence-electron chi connectivity index (χ3n) is 3.96. The third-order valence-corrected chi connectivity index (χ3v) is 3.96. The summed E-state index contributed by atoms with van der Waals surface area (Å²) in [5.74, 6) is 0. The van der Waals surface area contributed by atoms with Gasteiger partial charge < -0.3 is 5.73 Å². The van der Waals surface area contributed by atoms with Gasteiger partial charge >= 0.3 is 0 Å². The molecule has 2 rings (SSSR count). The summed E-state index contributed by atoms with van der Waals surface area (Å²) in [7, 11) is 0. The van der Waals surface area contributed by atoms with Crippen LogP contribution in [0.1, 0.15) is 51.4 Å². The molecule has 74 valence electrons. The molecule has 0 atom stereocenters. The molecule has 1 nitrogen and oxygen atoms in total. The molecule has 0 aromatic heterocycles. The highest BCUT2D eigenvalue weighted by atomic mass is 14.5. The minimum atomic E-state index is 0.623. The Morgan fingerprint density at radius 3 is 2.31 bits per heavy atom.